The number of rotatable bonds is 2. The summed E-state index contributed by atoms with van der Waals surface area (Å²) in [5.41, 5.74) is 0. The molecule has 0 heterocycles. The first-order valence-electron chi connectivity index (χ1n) is 2.50. The van der Waals surface area contributed by atoms with Gasteiger partial charge in [-0.05, 0) is 6.42 Å². The van der Waals surface area contributed by atoms with Crippen molar-refractivity contribution < 1.29 is 9.59 Å². The monoisotopic (exact) mass is 112 g/mol. The normalized spacial score (nSPS) is 26.5. The standard InChI is InChI=1S/C5H6NO2/c7-3-6-4-1-2-5(4)8/h4H,1-2H2,(H,6,7). The maximum absolute atomic E-state index is 10.4. The van der Waals surface area contributed by atoms with E-state index in [-0.39, 0.29) is 11.8 Å². The first-order valence-corrected chi connectivity index (χ1v) is 2.50. The Morgan fingerprint density at radius 2 is 2.50 bits per heavy atom. The SMILES string of the molecule is O=[C]NC1CCC1=O. The van der Waals surface area contributed by atoms with Gasteiger partial charge in [-0.15, -0.1) is 0 Å². The number of carbonyl (C=O) groups is 1. The van der Waals surface area contributed by atoms with Gasteiger partial charge in [0.25, 0.3) is 0 Å². The smallest absolute Gasteiger partial charge is 0.309 e. The molecule has 1 radical (unpaired) electrons. The highest BCUT2D eigenvalue weighted by atomic mass is 16.1. The minimum Gasteiger partial charge on any atom is -0.338 e. The van der Waals surface area contributed by atoms with E-state index in [2.05, 4.69) is 5.32 Å². The van der Waals surface area contributed by atoms with E-state index < -0.39 is 0 Å². The van der Waals surface area contributed by atoms with Gasteiger partial charge in [0.1, 0.15) is 0 Å². The quantitative estimate of drug-likeness (QED) is 0.483. The lowest BCUT2D eigenvalue weighted by Gasteiger charge is -2.21. The number of carbonyl (C=O) groups excluding carboxylic acids is 2. The van der Waals surface area contributed by atoms with Crippen LogP contribution in [-0.2, 0) is 9.59 Å². The number of amides is 1. The molecule has 43 valence electrons. The van der Waals surface area contributed by atoms with Gasteiger partial charge in [-0.25, -0.2) is 0 Å². The molecule has 1 atom stereocenters. The molecule has 0 aromatic rings. The van der Waals surface area contributed by atoms with Crippen LogP contribution in [0.1, 0.15) is 12.8 Å². The molecule has 1 amide bonds. The van der Waals surface area contributed by atoms with E-state index in [0.717, 1.165) is 6.42 Å². The van der Waals surface area contributed by atoms with E-state index in [0.29, 0.717) is 6.42 Å². The van der Waals surface area contributed by atoms with Gasteiger partial charge in [-0.1, -0.05) is 0 Å². The van der Waals surface area contributed by atoms with Gasteiger partial charge in [-0.2, -0.15) is 0 Å². The van der Waals surface area contributed by atoms with E-state index >= 15 is 0 Å². The Bertz CT molecular complexity index is 122. The summed E-state index contributed by atoms with van der Waals surface area (Å²) >= 11 is 0. The predicted octanol–water partition coefficient (Wildman–Crippen LogP) is -0.625. The maximum Gasteiger partial charge on any atom is 0.309 e. The Hall–Kier alpha value is -0.860. The average molecular weight is 112 g/mol. The van der Waals surface area contributed by atoms with Crippen molar-refractivity contribution in [3.8, 4) is 0 Å². The summed E-state index contributed by atoms with van der Waals surface area (Å²) in [6, 6.07) is -0.215. The lowest BCUT2D eigenvalue weighted by Crippen LogP contribution is -2.43. The molecule has 1 aliphatic rings. The Kier molecular flexibility index (Phi) is 1.28. The molecule has 0 saturated heterocycles. The van der Waals surface area contributed by atoms with E-state index in [1.54, 1.807) is 0 Å². The molecule has 0 bridgehead atoms. The van der Waals surface area contributed by atoms with Crippen LogP contribution in [0.5, 0.6) is 0 Å². The van der Waals surface area contributed by atoms with E-state index in [4.69, 9.17) is 0 Å². The number of hydrogen-bond donors (Lipinski definition) is 1. The first kappa shape index (κ1) is 5.28. The maximum atomic E-state index is 10.4. The molecule has 0 spiro atoms. The number of Topliss-reactive ketones (excluding diaryl/α,β-unsaturated/α-hetero) is 1. The van der Waals surface area contributed by atoms with Crippen LogP contribution in [0.25, 0.3) is 0 Å². The molecule has 3 nitrogen and oxygen atoms in total. The third-order valence-electron chi connectivity index (χ3n) is 1.30. The Morgan fingerprint density at radius 3 is 2.62 bits per heavy atom. The van der Waals surface area contributed by atoms with E-state index in [1.807, 2.05) is 0 Å². The van der Waals surface area contributed by atoms with Crippen LogP contribution < -0.4 is 5.32 Å². The average Bonchev–Trinajstić information content (AvgIpc) is 1.79. The highest BCUT2D eigenvalue weighted by Crippen LogP contribution is 2.12. The molecule has 1 saturated carbocycles. The Labute approximate surface area is 47.1 Å². The highest BCUT2D eigenvalue weighted by Gasteiger charge is 2.26. The molecule has 1 rings (SSSR count). The van der Waals surface area contributed by atoms with Crippen molar-refractivity contribution in [1.29, 1.82) is 0 Å². The molecule has 1 N–H and O–H groups in total. The molecule has 0 aliphatic heterocycles. The Morgan fingerprint density at radius 1 is 1.75 bits per heavy atom. The third kappa shape index (κ3) is 0.710. The van der Waals surface area contributed by atoms with Crippen molar-refractivity contribution in [2.45, 2.75) is 18.9 Å². The molecule has 3 heteroatoms. The van der Waals surface area contributed by atoms with Crippen LogP contribution >= 0.6 is 0 Å². The Balaban J connectivity index is 2.26. The lowest BCUT2D eigenvalue weighted by molar-refractivity contribution is -0.125. The molecule has 8 heavy (non-hydrogen) atoms. The molecule has 1 fully saturated rings. The zero-order valence-corrected chi connectivity index (χ0v) is 4.31. The molecule has 0 aromatic heterocycles. The van der Waals surface area contributed by atoms with Gasteiger partial charge in [0.2, 0.25) is 0 Å². The van der Waals surface area contributed by atoms with Crippen LogP contribution in [0, 0.1) is 0 Å². The molecular formula is C5H6NO2. The van der Waals surface area contributed by atoms with Crippen molar-refractivity contribution in [3.63, 3.8) is 0 Å². The second kappa shape index (κ2) is 1.94. The second-order valence-corrected chi connectivity index (χ2v) is 1.80. The van der Waals surface area contributed by atoms with Crippen molar-refractivity contribution in [2.75, 3.05) is 0 Å². The van der Waals surface area contributed by atoms with E-state index in [1.165, 1.54) is 6.41 Å². The number of nitrogens with one attached hydrogen (secondary N) is 1. The second-order valence-electron chi connectivity index (χ2n) is 1.80. The molecular weight excluding hydrogens is 106 g/mol. The van der Waals surface area contributed by atoms with Crippen molar-refractivity contribution in [3.05, 3.63) is 0 Å². The summed E-state index contributed by atoms with van der Waals surface area (Å²) < 4.78 is 0. The minimum absolute atomic E-state index is 0.119. The predicted molar refractivity (Wildman–Crippen MR) is 26.9 cm³/mol. The van der Waals surface area contributed by atoms with Gasteiger partial charge < -0.3 is 5.32 Å². The van der Waals surface area contributed by atoms with Crippen LogP contribution in [0.3, 0.4) is 0 Å². The van der Waals surface area contributed by atoms with Crippen LogP contribution in [0.15, 0.2) is 0 Å². The van der Waals surface area contributed by atoms with Crippen molar-refractivity contribution in [2.24, 2.45) is 0 Å². The van der Waals surface area contributed by atoms with Crippen molar-refractivity contribution in [1.82, 2.24) is 5.32 Å². The highest BCUT2D eigenvalue weighted by molar-refractivity contribution is 5.91. The van der Waals surface area contributed by atoms with Gasteiger partial charge in [0.15, 0.2) is 5.78 Å². The van der Waals surface area contributed by atoms with Crippen LogP contribution in [0.4, 0.5) is 0 Å². The minimum atomic E-state index is -0.215. The summed E-state index contributed by atoms with van der Waals surface area (Å²) in [6.45, 7) is 0. The van der Waals surface area contributed by atoms with E-state index in [9.17, 15) is 9.59 Å². The lowest BCUT2D eigenvalue weighted by atomic mass is 9.92. The van der Waals surface area contributed by atoms with Gasteiger partial charge in [-0.3, -0.25) is 9.59 Å². The van der Waals surface area contributed by atoms with Crippen LogP contribution in [-0.4, -0.2) is 18.2 Å². The van der Waals surface area contributed by atoms with Gasteiger partial charge in [0.05, 0.1) is 6.04 Å². The molecule has 1 unspecified atom stereocenters. The summed E-state index contributed by atoms with van der Waals surface area (Å²) in [5, 5.41) is 2.28. The summed E-state index contributed by atoms with van der Waals surface area (Å²) in [7, 11) is 0. The summed E-state index contributed by atoms with van der Waals surface area (Å²) in [6.07, 6.45) is 2.88. The van der Waals surface area contributed by atoms with Gasteiger partial charge in [0, 0.05) is 6.42 Å². The fraction of sp³-hybridized carbons (Fsp3) is 0.600. The van der Waals surface area contributed by atoms with Gasteiger partial charge >= 0.3 is 6.41 Å². The number of ketones is 1. The first-order chi connectivity index (χ1) is 3.84. The fourth-order valence-corrected chi connectivity index (χ4v) is 0.630. The zero-order chi connectivity index (χ0) is 5.98. The summed E-state index contributed by atoms with van der Waals surface area (Å²) in [4.78, 5) is 19.9. The van der Waals surface area contributed by atoms with Crippen LogP contribution in [0.2, 0.25) is 0 Å². The zero-order valence-electron chi connectivity index (χ0n) is 4.31. The topological polar surface area (TPSA) is 46.2 Å². The number of hydrogen-bond acceptors (Lipinski definition) is 2. The fourth-order valence-electron chi connectivity index (χ4n) is 0.630. The van der Waals surface area contributed by atoms with Crippen molar-refractivity contribution >= 4 is 12.2 Å². The third-order valence-corrected chi connectivity index (χ3v) is 1.30. The molecule has 1 aliphatic carbocycles. The summed E-state index contributed by atoms with van der Waals surface area (Å²) in [5.74, 6) is 0.119. The largest absolute Gasteiger partial charge is 0.338 e. The molecule has 0 aromatic carbocycles.